The second-order valence-electron chi connectivity index (χ2n) is 20.3. The Kier molecular flexibility index (Phi) is 45.7. The number of allylic oxidation sites excluding steroid dienone is 3. The van der Waals surface area contributed by atoms with Crippen LogP contribution in [0.2, 0.25) is 0 Å². The molecule has 6 N–H and O–H groups in total. The third kappa shape index (κ3) is 38.4. The molecule has 1 aliphatic rings. The second kappa shape index (κ2) is 48.4. The Labute approximate surface area is 422 Å². The van der Waals surface area contributed by atoms with Gasteiger partial charge in [0.05, 0.1) is 32.0 Å². The molecule has 0 bridgehead atoms. The molecule has 1 amide bonds. The maximum atomic E-state index is 13.0. The predicted octanol–water partition coefficient (Wildman–Crippen LogP) is 12.9. The molecule has 0 radical (unpaired) electrons. The van der Waals surface area contributed by atoms with Gasteiger partial charge in [-0.25, -0.2) is 0 Å². The molecule has 0 aromatic carbocycles. The standard InChI is InChI=1S/C58H109NO10/c1-3-5-7-9-11-13-14-15-19-23-26-30-34-38-42-46-54(63)67-47-43-39-35-31-27-24-21-18-16-17-20-22-25-29-33-37-41-45-53(62)59-50(51(61)44-40-36-32-28-12-10-8-6-4-2)49-68-58-57(66)56(65)55(64)52(48-60)69-58/h16,18,40,44,50-52,55-58,60-61,64-66H,3-15,17,19-39,41-43,45-49H2,1-2H3,(H,59,62)/b18-16-,44-40+. The molecule has 0 aliphatic carbocycles. The van der Waals surface area contributed by atoms with Crippen molar-refractivity contribution < 1.29 is 49.3 Å². The number of hydrogen-bond acceptors (Lipinski definition) is 10. The highest BCUT2D eigenvalue weighted by Crippen LogP contribution is 2.23. The van der Waals surface area contributed by atoms with Gasteiger partial charge in [-0.1, -0.05) is 224 Å². The lowest BCUT2D eigenvalue weighted by Gasteiger charge is -2.40. The van der Waals surface area contributed by atoms with E-state index in [0.717, 1.165) is 83.5 Å². The minimum atomic E-state index is -1.57. The lowest BCUT2D eigenvalue weighted by Crippen LogP contribution is -2.60. The van der Waals surface area contributed by atoms with E-state index in [1.54, 1.807) is 6.08 Å². The van der Waals surface area contributed by atoms with Crippen molar-refractivity contribution in [2.24, 2.45) is 0 Å². The van der Waals surface area contributed by atoms with Crippen LogP contribution in [-0.4, -0.2) is 100 Å². The van der Waals surface area contributed by atoms with E-state index in [1.807, 2.05) is 6.08 Å². The minimum Gasteiger partial charge on any atom is -0.466 e. The maximum Gasteiger partial charge on any atom is 0.305 e. The van der Waals surface area contributed by atoms with E-state index in [2.05, 4.69) is 31.3 Å². The molecule has 1 aliphatic heterocycles. The first-order valence-electron chi connectivity index (χ1n) is 29.1. The van der Waals surface area contributed by atoms with Crippen LogP contribution in [-0.2, 0) is 23.8 Å². The number of aliphatic hydroxyl groups excluding tert-OH is 5. The van der Waals surface area contributed by atoms with Crippen molar-refractivity contribution in [2.75, 3.05) is 19.8 Å². The lowest BCUT2D eigenvalue weighted by atomic mass is 9.99. The Balaban J connectivity index is 2.05. The third-order valence-electron chi connectivity index (χ3n) is 13.8. The van der Waals surface area contributed by atoms with E-state index >= 15 is 0 Å². The Morgan fingerprint density at radius 3 is 1.39 bits per heavy atom. The van der Waals surface area contributed by atoms with E-state index in [9.17, 15) is 35.1 Å². The molecular weight excluding hydrogens is 871 g/mol. The van der Waals surface area contributed by atoms with Crippen molar-refractivity contribution in [1.29, 1.82) is 0 Å². The largest absolute Gasteiger partial charge is 0.466 e. The van der Waals surface area contributed by atoms with Crippen LogP contribution < -0.4 is 5.32 Å². The predicted molar refractivity (Wildman–Crippen MR) is 283 cm³/mol. The number of ether oxygens (including phenoxy) is 3. The highest BCUT2D eigenvalue weighted by atomic mass is 16.7. The van der Waals surface area contributed by atoms with Gasteiger partial charge in [0.2, 0.25) is 5.91 Å². The number of nitrogens with one attached hydrogen (secondary N) is 1. The summed E-state index contributed by atoms with van der Waals surface area (Å²) in [7, 11) is 0. The topological polar surface area (TPSA) is 175 Å². The molecule has 69 heavy (non-hydrogen) atoms. The Bertz CT molecular complexity index is 1200. The molecular formula is C58H109NO10. The average Bonchev–Trinajstić information content (AvgIpc) is 3.34. The van der Waals surface area contributed by atoms with Gasteiger partial charge in [-0.2, -0.15) is 0 Å². The smallest absolute Gasteiger partial charge is 0.305 e. The first-order valence-corrected chi connectivity index (χ1v) is 29.1. The highest BCUT2D eigenvalue weighted by Gasteiger charge is 2.44. The maximum absolute atomic E-state index is 13.0. The summed E-state index contributed by atoms with van der Waals surface area (Å²) < 4.78 is 16.7. The molecule has 11 heteroatoms. The fourth-order valence-corrected chi connectivity index (χ4v) is 9.13. The van der Waals surface area contributed by atoms with Gasteiger partial charge in [-0.3, -0.25) is 9.59 Å². The Morgan fingerprint density at radius 2 is 0.928 bits per heavy atom. The first-order chi connectivity index (χ1) is 33.7. The number of esters is 1. The summed E-state index contributed by atoms with van der Waals surface area (Å²) in [6.45, 7) is 4.29. The first kappa shape index (κ1) is 65.2. The molecule has 1 fully saturated rings. The number of aliphatic hydroxyl groups is 5. The van der Waals surface area contributed by atoms with Gasteiger partial charge in [0.25, 0.3) is 0 Å². The summed E-state index contributed by atoms with van der Waals surface area (Å²) in [4.78, 5) is 25.0. The summed E-state index contributed by atoms with van der Waals surface area (Å²) >= 11 is 0. The summed E-state index contributed by atoms with van der Waals surface area (Å²) in [5.74, 6) is -0.212. The van der Waals surface area contributed by atoms with E-state index in [0.29, 0.717) is 19.4 Å². The molecule has 0 saturated carbocycles. The number of rotatable bonds is 50. The quantitative estimate of drug-likeness (QED) is 0.0196. The van der Waals surface area contributed by atoms with Crippen molar-refractivity contribution in [3.05, 3.63) is 24.3 Å². The summed E-state index contributed by atoms with van der Waals surface area (Å²) in [6, 6.07) is -0.817. The van der Waals surface area contributed by atoms with Crippen LogP contribution in [0.1, 0.15) is 271 Å². The fraction of sp³-hybridized carbons (Fsp3) is 0.897. The van der Waals surface area contributed by atoms with Crippen molar-refractivity contribution in [1.82, 2.24) is 5.32 Å². The average molecular weight is 981 g/mol. The lowest BCUT2D eigenvalue weighted by molar-refractivity contribution is -0.302. The molecule has 0 aromatic heterocycles. The second-order valence-corrected chi connectivity index (χ2v) is 20.3. The molecule has 7 unspecified atom stereocenters. The summed E-state index contributed by atoms with van der Waals surface area (Å²) in [5, 5.41) is 54.1. The number of carbonyl (C=O) groups excluding carboxylic acids is 2. The zero-order valence-corrected chi connectivity index (χ0v) is 44.5. The van der Waals surface area contributed by atoms with Crippen LogP contribution in [0.25, 0.3) is 0 Å². The van der Waals surface area contributed by atoms with Crippen molar-refractivity contribution >= 4 is 11.9 Å². The van der Waals surface area contributed by atoms with Gasteiger partial charge < -0.3 is 45.1 Å². The monoisotopic (exact) mass is 980 g/mol. The van der Waals surface area contributed by atoms with Crippen LogP contribution in [0.5, 0.6) is 0 Å². The Hall–Kier alpha value is -1.86. The number of hydrogen-bond donors (Lipinski definition) is 6. The highest BCUT2D eigenvalue weighted by molar-refractivity contribution is 5.76. The third-order valence-corrected chi connectivity index (χ3v) is 13.8. The van der Waals surface area contributed by atoms with Crippen LogP contribution in [0.3, 0.4) is 0 Å². The normalized spacial score (nSPS) is 19.4. The fourth-order valence-electron chi connectivity index (χ4n) is 9.13. The van der Waals surface area contributed by atoms with Gasteiger partial charge in [0, 0.05) is 12.8 Å². The van der Waals surface area contributed by atoms with Crippen molar-refractivity contribution in [3.63, 3.8) is 0 Å². The van der Waals surface area contributed by atoms with Crippen molar-refractivity contribution in [3.8, 4) is 0 Å². The van der Waals surface area contributed by atoms with Gasteiger partial charge in [-0.05, 0) is 57.8 Å². The zero-order chi connectivity index (χ0) is 50.3. The number of carbonyl (C=O) groups is 2. The Morgan fingerprint density at radius 1 is 0.522 bits per heavy atom. The van der Waals surface area contributed by atoms with Crippen LogP contribution in [0.4, 0.5) is 0 Å². The van der Waals surface area contributed by atoms with E-state index in [-0.39, 0.29) is 18.5 Å². The van der Waals surface area contributed by atoms with E-state index < -0.39 is 49.5 Å². The molecule has 1 saturated heterocycles. The zero-order valence-electron chi connectivity index (χ0n) is 44.5. The molecule has 406 valence electrons. The summed E-state index contributed by atoms with van der Waals surface area (Å²) in [5.41, 5.74) is 0. The van der Waals surface area contributed by atoms with Gasteiger partial charge in [0.15, 0.2) is 6.29 Å². The molecule has 0 spiro atoms. The van der Waals surface area contributed by atoms with Gasteiger partial charge >= 0.3 is 5.97 Å². The summed E-state index contributed by atoms with van der Waals surface area (Å²) in [6.07, 6.45) is 47.0. The molecule has 7 atom stereocenters. The SMILES string of the molecule is CCCCCCCCC/C=C/C(O)C(COC1OC(CO)C(O)C(O)C1O)NC(=O)CCCCCCCCC/C=C\CCCCCCCCOC(=O)CCCCCCCCCCCCCCCCC. The van der Waals surface area contributed by atoms with Gasteiger partial charge in [0.1, 0.15) is 24.4 Å². The molecule has 0 aromatic rings. The van der Waals surface area contributed by atoms with E-state index in [1.165, 1.54) is 161 Å². The van der Waals surface area contributed by atoms with Crippen molar-refractivity contribution in [2.45, 2.75) is 314 Å². The van der Waals surface area contributed by atoms with Crippen LogP contribution >= 0.6 is 0 Å². The van der Waals surface area contributed by atoms with Crippen LogP contribution in [0.15, 0.2) is 24.3 Å². The van der Waals surface area contributed by atoms with Gasteiger partial charge in [-0.15, -0.1) is 0 Å². The molecule has 1 rings (SSSR count). The van der Waals surface area contributed by atoms with E-state index in [4.69, 9.17) is 14.2 Å². The van der Waals surface area contributed by atoms with Crippen LogP contribution in [0, 0.1) is 0 Å². The minimum absolute atomic E-state index is 0.0159. The molecule has 1 heterocycles. The number of unbranched alkanes of at least 4 members (excludes halogenated alkanes) is 34. The molecule has 11 nitrogen and oxygen atoms in total. The number of amides is 1.